The van der Waals surface area contributed by atoms with Crippen molar-refractivity contribution < 1.29 is 9.47 Å². The standard InChI is InChI=1S/C16H21N5O2.HI/c1-17-16(19-10-13-6-8-20-21(13)2)18-7-5-12-3-4-14-15(9-12)23-11-22-14;/h3-4,6,8-9H,5,7,10-11H2,1-2H3,(H2,17,18,19);1H. The first-order valence-corrected chi connectivity index (χ1v) is 7.56. The highest BCUT2D eigenvalue weighted by atomic mass is 127. The topological polar surface area (TPSA) is 72.7 Å². The molecule has 7 nitrogen and oxygen atoms in total. The summed E-state index contributed by atoms with van der Waals surface area (Å²) in [4.78, 5) is 4.23. The normalized spacial score (nSPS) is 12.7. The second-order valence-corrected chi connectivity index (χ2v) is 5.24. The minimum atomic E-state index is 0. The molecular weight excluding hydrogens is 421 g/mol. The van der Waals surface area contributed by atoms with Crippen molar-refractivity contribution in [1.82, 2.24) is 20.4 Å². The predicted octanol–water partition coefficient (Wildman–Crippen LogP) is 1.67. The Morgan fingerprint density at radius 1 is 1.25 bits per heavy atom. The van der Waals surface area contributed by atoms with E-state index in [2.05, 4.69) is 26.8 Å². The Bertz CT molecular complexity index is 702. The van der Waals surface area contributed by atoms with Crippen molar-refractivity contribution >= 4 is 29.9 Å². The van der Waals surface area contributed by atoms with Gasteiger partial charge in [-0.3, -0.25) is 9.67 Å². The van der Waals surface area contributed by atoms with Crippen LogP contribution in [0.3, 0.4) is 0 Å². The van der Waals surface area contributed by atoms with E-state index in [-0.39, 0.29) is 24.0 Å². The van der Waals surface area contributed by atoms with Crippen molar-refractivity contribution in [2.24, 2.45) is 12.0 Å². The van der Waals surface area contributed by atoms with Crippen molar-refractivity contribution in [3.05, 3.63) is 41.7 Å². The largest absolute Gasteiger partial charge is 0.454 e. The second-order valence-electron chi connectivity index (χ2n) is 5.24. The SMILES string of the molecule is CN=C(NCCc1ccc2c(c1)OCO2)NCc1ccnn1C.I. The van der Waals surface area contributed by atoms with Crippen LogP contribution >= 0.6 is 24.0 Å². The van der Waals surface area contributed by atoms with E-state index in [0.29, 0.717) is 13.3 Å². The summed E-state index contributed by atoms with van der Waals surface area (Å²) in [5.74, 6) is 2.41. The number of ether oxygens (including phenoxy) is 2. The van der Waals surface area contributed by atoms with Crippen molar-refractivity contribution in [3.63, 3.8) is 0 Å². The number of rotatable bonds is 5. The van der Waals surface area contributed by atoms with Crippen LogP contribution in [0.25, 0.3) is 0 Å². The van der Waals surface area contributed by atoms with Gasteiger partial charge >= 0.3 is 0 Å². The molecule has 0 radical (unpaired) electrons. The van der Waals surface area contributed by atoms with Crippen LogP contribution in [0.5, 0.6) is 11.5 Å². The number of aromatic nitrogens is 2. The van der Waals surface area contributed by atoms with E-state index < -0.39 is 0 Å². The lowest BCUT2D eigenvalue weighted by molar-refractivity contribution is 0.174. The van der Waals surface area contributed by atoms with Gasteiger partial charge in [-0.15, -0.1) is 24.0 Å². The van der Waals surface area contributed by atoms with E-state index in [0.717, 1.165) is 36.1 Å². The molecule has 1 aromatic carbocycles. The molecule has 0 aliphatic carbocycles. The van der Waals surface area contributed by atoms with Gasteiger partial charge in [0.15, 0.2) is 17.5 Å². The Balaban J connectivity index is 0.00000208. The zero-order valence-electron chi connectivity index (χ0n) is 13.8. The summed E-state index contributed by atoms with van der Waals surface area (Å²) >= 11 is 0. The van der Waals surface area contributed by atoms with Crippen molar-refractivity contribution in [3.8, 4) is 11.5 Å². The third-order valence-corrected chi connectivity index (χ3v) is 3.73. The van der Waals surface area contributed by atoms with Crippen LogP contribution in [-0.2, 0) is 20.0 Å². The summed E-state index contributed by atoms with van der Waals surface area (Å²) < 4.78 is 12.5. The first-order chi connectivity index (χ1) is 11.3. The van der Waals surface area contributed by atoms with Crippen LogP contribution in [0.4, 0.5) is 0 Å². The molecule has 2 N–H and O–H groups in total. The number of halogens is 1. The minimum absolute atomic E-state index is 0. The fourth-order valence-corrected chi connectivity index (χ4v) is 2.39. The number of nitrogens with zero attached hydrogens (tertiary/aromatic N) is 3. The smallest absolute Gasteiger partial charge is 0.231 e. The van der Waals surface area contributed by atoms with E-state index in [1.165, 1.54) is 5.56 Å². The molecule has 0 saturated carbocycles. The molecule has 0 bridgehead atoms. The quantitative estimate of drug-likeness (QED) is 0.418. The van der Waals surface area contributed by atoms with Gasteiger partial charge in [0.25, 0.3) is 0 Å². The van der Waals surface area contributed by atoms with Gasteiger partial charge < -0.3 is 20.1 Å². The highest BCUT2D eigenvalue weighted by molar-refractivity contribution is 14.0. The fraction of sp³-hybridized carbons (Fsp3) is 0.375. The molecule has 0 saturated heterocycles. The maximum absolute atomic E-state index is 5.39. The first-order valence-electron chi connectivity index (χ1n) is 7.56. The molecule has 130 valence electrons. The van der Waals surface area contributed by atoms with Crippen molar-refractivity contribution in [1.29, 1.82) is 0 Å². The number of hydrogen-bond acceptors (Lipinski definition) is 4. The molecule has 0 spiro atoms. The molecule has 0 atom stereocenters. The maximum Gasteiger partial charge on any atom is 0.231 e. The third kappa shape index (κ3) is 4.53. The molecule has 8 heteroatoms. The average Bonchev–Trinajstić information content (AvgIpc) is 3.19. The van der Waals surface area contributed by atoms with E-state index in [9.17, 15) is 0 Å². The van der Waals surface area contributed by atoms with Crippen LogP contribution in [0.15, 0.2) is 35.5 Å². The van der Waals surface area contributed by atoms with Crippen LogP contribution in [0.2, 0.25) is 0 Å². The molecule has 1 aliphatic rings. The van der Waals surface area contributed by atoms with Crippen molar-refractivity contribution in [2.75, 3.05) is 20.4 Å². The fourth-order valence-electron chi connectivity index (χ4n) is 2.39. The minimum Gasteiger partial charge on any atom is -0.454 e. The summed E-state index contributed by atoms with van der Waals surface area (Å²) in [5.41, 5.74) is 2.30. The van der Waals surface area contributed by atoms with Gasteiger partial charge in [0.2, 0.25) is 6.79 Å². The third-order valence-electron chi connectivity index (χ3n) is 3.73. The molecular formula is C16H22IN5O2. The lowest BCUT2D eigenvalue weighted by Crippen LogP contribution is -2.38. The van der Waals surface area contributed by atoms with Crippen LogP contribution in [0, 0.1) is 0 Å². The highest BCUT2D eigenvalue weighted by Crippen LogP contribution is 2.32. The number of nitrogens with one attached hydrogen (secondary N) is 2. The van der Waals surface area contributed by atoms with E-state index in [1.807, 2.05) is 29.9 Å². The van der Waals surface area contributed by atoms with E-state index >= 15 is 0 Å². The van der Waals surface area contributed by atoms with Crippen LogP contribution < -0.4 is 20.1 Å². The number of aliphatic imine (C=N–C) groups is 1. The lowest BCUT2D eigenvalue weighted by Gasteiger charge is -2.12. The molecule has 3 rings (SSSR count). The highest BCUT2D eigenvalue weighted by Gasteiger charge is 2.12. The van der Waals surface area contributed by atoms with Gasteiger partial charge in [-0.25, -0.2) is 0 Å². The molecule has 2 heterocycles. The molecule has 2 aromatic rings. The Morgan fingerprint density at radius 2 is 2.08 bits per heavy atom. The zero-order valence-corrected chi connectivity index (χ0v) is 16.1. The predicted molar refractivity (Wildman–Crippen MR) is 103 cm³/mol. The van der Waals surface area contributed by atoms with Crippen molar-refractivity contribution in [2.45, 2.75) is 13.0 Å². The van der Waals surface area contributed by atoms with Gasteiger partial charge in [-0.1, -0.05) is 6.07 Å². The summed E-state index contributed by atoms with van der Waals surface area (Å²) in [6, 6.07) is 8.01. The Morgan fingerprint density at radius 3 is 2.83 bits per heavy atom. The van der Waals surface area contributed by atoms with Gasteiger partial charge in [-0.2, -0.15) is 5.10 Å². The van der Waals surface area contributed by atoms with Gasteiger partial charge in [-0.05, 0) is 30.2 Å². The van der Waals surface area contributed by atoms with Gasteiger partial charge in [0.1, 0.15) is 0 Å². The lowest BCUT2D eigenvalue weighted by atomic mass is 10.1. The number of aryl methyl sites for hydroxylation is 1. The number of guanidine groups is 1. The zero-order chi connectivity index (χ0) is 16.1. The van der Waals surface area contributed by atoms with Gasteiger partial charge in [0.05, 0.1) is 12.2 Å². The van der Waals surface area contributed by atoms with E-state index in [4.69, 9.17) is 9.47 Å². The molecule has 1 aliphatic heterocycles. The number of fused-ring (bicyclic) bond motifs is 1. The van der Waals surface area contributed by atoms with Gasteiger partial charge in [0, 0.05) is 26.8 Å². The Hall–Kier alpha value is -1.97. The second kappa shape index (κ2) is 8.76. The summed E-state index contributed by atoms with van der Waals surface area (Å²) in [7, 11) is 3.69. The Kier molecular flexibility index (Phi) is 6.71. The average molecular weight is 443 g/mol. The maximum atomic E-state index is 5.39. The molecule has 1 aromatic heterocycles. The summed E-state index contributed by atoms with van der Waals surface area (Å²) in [5, 5.41) is 10.7. The number of hydrogen-bond donors (Lipinski definition) is 2. The number of benzene rings is 1. The Labute approximate surface area is 158 Å². The summed E-state index contributed by atoms with van der Waals surface area (Å²) in [6.45, 7) is 1.77. The van der Waals surface area contributed by atoms with Crippen LogP contribution in [0.1, 0.15) is 11.3 Å². The van der Waals surface area contributed by atoms with Crippen LogP contribution in [-0.4, -0.2) is 36.1 Å². The molecule has 0 unspecified atom stereocenters. The molecule has 24 heavy (non-hydrogen) atoms. The molecule has 0 amide bonds. The monoisotopic (exact) mass is 443 g/mol. The summed E-state index contributed by atoms with van der Waals surface area (Å²) in [6.07, 6.45) is 2.66. The van der Waals surface area contributed by atoms with E-state index in [1.54, 1.807) is 13.2 Å². The first kappa shape index (κ1) is 18.4. The molecule has 0 fully saturated rings.